The van der Waals surface area contributed by atoms with Gasteiger partial charge in [0.25, 0.3) is 0 Å². The highest BCUT2D eigenvalue weighted by molar-refractivity contribution is 5.34. The topological polar surface area (TPSA) is 42.1 Å². The standard InChI is InChI=1S/C14H21N3/c15-12-6-7-13(16-9-12)10-17-8-2-4-11-3-1-5-14(11)17/h6-7,9,11,14H,1-5,8,10,15H2. The van der Waals surface area contributed by atoms with Crippen LogP contribution in [-0.2, 0) is 6.54 Å². The number of hydrogen-bond acceptors (Lipinski definition) is 3. The molecule has 1 aliphatic heterocycles. The van der Waals surface area contributed by atoms with Gasteiger partial charge in [0, 0.05) is 12.6 Å². The molecule has 3 rings (SSSR count). The summed E-state index contributed by atoms with van der Waals surface area (Å²) in [4.78, 5) is 7.06. The van der Waals surface area contributed by atoms with E-state index in [4.69, 9.17) is 5.73 Å². The molecule has 0 amide bonds. The Hall–Kier alpha value is -1.09. The molecule has 2 unspecified atom stereocenters. The number of likely N-dealkylation sites (tertiary alicyclic amines) is 1. The summed E-state index contributed by atoms with van der Waals surface area (Å²) in [6.45, 7) is 2.24. The van der Waals surface area contributed by atoms with E-state index in [9.17, 15) is 0 Å². The highest BCUT2D eigenvalue weighted by atomic mass is 15.2. The van der Waals surface area contributed by atoms with Gasteiger partial charge in [0.15, 0.2) is 0 Å². The van der Waals surface area contributed by atoms with Crippen molar-refractivity contribution in [3.8, 4) is 0 Å². The molecule has 2 fully saturated rings. The molecule has 92 valence electrons. The first-order chi connectivity index (χ1) is 8.33. The second kappa shape index (κ2) is 4.65. The Kier molecular flexibility index (Phi) is 3.02. The minimum atomic E-state index is 0.756. The predicted octanol–water partition coefficient (Wildman–Crippen LogP) is 2.43. The minimum Gasteiger partial charge on any atom is -0.397 e. The number of pyridine rings is 1. The first-order valence-corrected chi connectivity index (χ1v) is 6.77. The average Bonchev–Trinajstić information content (AvgIpc) is 2.81. The van der Waals surface area contributed by atoms with Crippen molar-refractivity contribution in [3.63, 3.8) is 0 Å². The van der Waals surface area contributed by atoms with Crippen LogP contribution >= 0.6 is 0 Å². The molecule has 0 bridgehead atoms. The van der Waals surface area contributed by atoms with Gasteiger partial charge in [0.05, 0.1) is 17.6 Å². The largest absolute Gasteiger partial charge is 0.397 e. The maximum absolute atomic E-state index is 5.67. The van der Waals surface area contributed by atoms with Gasteiger partial charge in [-0.15, -0.1) is 0 Å². The fourth-order valence-corrected chi connectivity index (χ4v) is 3.49. The Morgan fingerprint density at radius 1 is 1.24 bits per heavy atom. The van der Waals surface area contributed by atoms with Gasteiger partial charge >= 0.3 is 0 Å². The first kappa shape index (κ1) is 11.0. The van der Waals surface area contributed by atoms with E-state index in [1.807, 2.05) is 6.07 Å². The molecule has 0 spiro atoms. The lowest BCUT2D eigenvalue weighted by atomic mass is 9.92. The van der Waals surface area contributed by atoms with E-state index in [0.29, 0.717) is 0 Å². The molecular weight excluding hydrogens is 210 g/mol. The number of fused-ring (bicyclic) bond motifs is 1. The molecular formula is C14H21N3. The van der Waals surface area contributed by atoms with Crippen LogP contribution in [0.2, 0.25) is 0 Å². The van der Waals surface area contributed by atoms with E-state index >= 15 is 0 Å². The Balaban J connectivity index is 1.69. The summed E-state index contributed by atoms with van der Waals surface area (Å²) in [6.07, 6.45) is 8.81. The summed E-state index contributed by atoms with van der Waals surface area (Å²) in [5.74, 6) is 0.956. The second-order valence-electron chi connectivity index (χ2n) is 5.45. The van der Waals surface area contributed by atoms with Crippen LogP contribution in [0.25, 0.3) is 0 Å². The molecule has 1 saturated carbocycles. The third-order valence-corrected chi connectivity index (χ3v) is 4.32. The van der Waals surface area contributed by atoms with E-state index < -0.39 is 0 Å². The third kappa shape index (κ3) is 2.29. The zero-order valence-corrected chi connectivity index (χ0v) is 10.3. The van der Waals surface area contributed by atoms with Crippen LogP contribution in [0.5, 0.6) is 0 Å². The number of aromatic nitrogens is 1. The van der Waals surface area contributed by atoms with Crippen LogP contribution in [0.1, 0.15) is 37.8 Å². The summed E-state index contributed by atoms with van der Waals surface area (Å²) < 4.78 is 0. The summed E-state index contributed by atoms with van der Waals surface area (Å²) in [6, 6.07) is 4.84. The van der Waals surface area contributed by atoms with Crippen molar-refractivity contribution < 1.29 is 0 Å². The molecule has 2 N–H and O–H groups in total. The Labute approximate surface area is 103 Å². The van der Waals surface area contributed by atoms with Crippen molar-refractivity contribution in [3.05, 3.63) is 24.0 Å². The fourth-order valence-electron chi connectivity index (χ4n) is 3.49. The van der Waals surface area contributed by atoms with Crippen LogP contribution in [0.15, 0.2) is 18.3 Å². The van der Waals surface area contributed by atoms with E-state index in [1.54, 1.807) is 6.20 Å². The lowest BCUT2D eigenvalue weighted by Gasteiger charge is -2.37. The number of hydrogen-bond donors (Lipinski definition) is 1. The number of nitrogen functional groups attached to an aromatic ring is 1. The normalized spacial score (nSPS) is 29.2. The quantitative estimate of drug-likeness (QED) is 0.850. The van der Waals surface area contributed by atoms with Crippen LogP contribution in [0.3, 0.4) is 0 Å². The van der Waals surface area contributed by atoms with Gasteiger partial charge in [0.1, 0.15) is 0 Å². The number of rotatable bonds is 2. The highest BCUT2D eigenvalue weighted by Gasteiger charge is 2.34. The molecule has 2 atom stereocenters. The van der Waals surface area contributed by atoms with Gasteiger partial charge in [-0.05, 0) is 50.3 Å². The van der Waals surface area contributed by atoms with Crippen molar-refractivity contribution in [2.75, 3.05) is 12.3 Å². The van der Waals surface area contributed by atoms with Crippen molar-refractivity contribution in [1.29, 1.82) is 0 Å². The summed E-state index contributed by atoms with van der Waals surface area (Å²) >= 11 is 0. The Bertz CT molecular complexity index is 374. The van der Waals surface area contributed by atoms with Gasteiger partial charge in [0.2, 0.25) is 0 Å². The van der Waals surface area contributed by atoms with Gasteiger partial charge in [-0.3, -0.25) is 9.88 Å². The van der Waals surface area contributed by atoms with E-state index in [-0.39, 0.29) is 0 Å². The zero-order valence-electron chi connectivity index (χ0n) is 10.3. The van der Waals surface area contributed by atoms with Crippen molar-refractivity contribution in [2.45, 2.75) is 44.7 Å². The average molecular weight is 231 g/mol. The van der Waals surface area contributed by atoms with Crippen LogP contribution in [0.4, 0.5) is 5.69 Å². The number of piperidine rings is 1. The van der Waals surface area contributed by atoms with Crippen molar-refractivity contribution in [1.82, 2.24) is 9.88 Å². The van der Waals surface area contributed by atoms with E-state index in [0.717, 1.165) is 29.9 Å². The molecule has 0 aromatic carbocycles. The molecule has 3 nitrogen and oxygen atoms in total. The van der Waals surface area contributed by atoms with Gasteiger partial charge in [-0.25, -0.2) is 0 Å². The molecule has 0 radical (unpaired) electrons. The molecule has 1 aromatic rings. The van der Waals surface area contributed by atoms with Gasteiger partial charge in [-0.2, -0.15) is 0 Å². The smallest absolute Gasteiger partial charge is 0.0545 e. The molecule has 3 heteroatoms. The molecule has 1 aromatic heterocycles. The number of anilines is 1. The maximum Gasteiger partial charge on any atom is 0.0545 e. The van der Waals surface area contributed by atoms with Gasteiger partial charge in [-0.1, -0.05) is 6.42 Å². The number of nitrogens with two attached hydrogens (primary N) is 1. The third-order valence-electron chi connectivity index (χ3n) is 4.32. The van der Waals surface area contributed by atoms with Crippen LogP contribution in [-0.4, -0.2) is 22.5 Å². The Morgan fingerprint density at radius 3 is 2.94 bits per heavy atom. The van der Waals surface area contributed by atoms with Crippen molar-refractivity contribution >= 4 is 5.69 Å². The summed E-state index contributed by atoms with van der Waals surface area (Å²) in [5.41, 5.74) is 7.58. The van der Waals surface area contributed by atoms with E-state index in [1.165, 1.54) is 38.6 Å². The monoisotopic (exact) mass is 231 g/mol. The predicted molar refractivity (Wildman–Crippen MR) is 69.4 cm³/mol. The van der Waals surface area contributed by atoms with E-state index in [2.05, 4.69) is 16.0 Å². The molecule has 1 aliphatic carbocycles. The summed E-state index contributed by atoms with van der Waals surface area (Å²) in [5, 5.41) is 0. The Morgan fingerprint density at radius 2 is 2.12 bits per heavy atom. The lowest BCUT2D eigenvalue weighted by molar-refractivity contribution is 0.104. The SMILES string of the molecule is Nc1ccc(CN2CCCC3CCCC32)nc1. The van der Waals surface area contributed by atoms with Crippen LogP contribution in [0, 0.1) is 5.92 Å². The molecule has 2 heterocycles. The fraction of sp³-hybridized carbons (Fsp3) is 0.643. The molecule has 1 saturated heterocycles. The highest BCUT2D eigenvalue weighted by Crippen LogP contribution is 2.37. The van der Waals surface area contributed by atoms with Crippen molar-refractivity contribution in [2.24, 2.45) is 5.92 Å². The number of nitrogens with zero attached hydrogens (tertiary/aromatic N) is 2. The van der Waals surface area contributed by atoms with Crippen LogP contribution < -0.4 is 5.73 Å². The zero-order chi connectivity index (χ0) is 11.7. The molecule has 17 heavy (non-hydrogen) atoms. The first-order valence-electron chi connectivity index (χ1n) is 6.77. The van der Waals surface area contributed by atoms with Gasteiger partial charge < -0.3 is 5.73 Å². The second-order valence-corrected chi connectivity index (χ2v) is 5.45. The summed E-state index contributed by atoms with van der Waals surface area (Å²) in [7, 11) is 0. The molecule has 2 aliphatic rings. The maximum atomic E-state index is 5.67. The minimum absolute atomic E-state index is 0.756. The lowest BCUT2D eigenvalue weighted by Crippen LogP contribution is -2.42.